The molecule has 6 heteroatoms. The molecule has 1 atom stereocenters. The average Bonchev–Trinajstić information content (AvgIpc) is 2.61. The quantitative estimate of drug-likeness (QED) is 0.617. The van der Waals surface area contributed by atoms with E-state index in [2.05, 4.69) is 4.72 Å². The van der Waals surface area contributed by atoms with E-state index < -0.39 is 10.0 Å². The Balaban J connectivity index is 2.61. The van der Waals surface area contributed by atoms with Crippen LogP contribution in [-0.2, 0) is 10.0 Å². The summed E-state index contributed by atoms with van der Waals surface area (Å²) < 4.78 is 24.1. The SMILES string of the molecule is CS(=O)(=O)NC(C(N)=S)C1CC1. The average molecular weight is 208 g/mol. The topological polar surface area (TPSA) is 72.2 Å². The number of hydrogen-bond acceptors (Lipinski definition) is 3. The third-order valence-corrected chi connectivity index (χ3v) is 2.68. The summed E-state index contributed by atoms with van der Waals surface area (Å²) >= 11 is 4.75. The zero-order chi connectivity index (χ0) is 9.35. The van der Waals surface area contributed by atoms with Gasteiger partial charge in [0, 0.05) is 0 Å². The summed E-state index contributed by atoms with van der Waals surface area (Å²) in [5, 5.41) is 0. The van der Waals surface area contributed by atoms with Gasteiger partial charge in [0.25, 0.3) is 0 Å². The third-order valence-electron chi connectivity index (χ3n) is 1.74. The Bertz CT molecular complexity index is 282. The minimum Gasteiger partial charge on any atom is -0.392 e. The summed E-state index contributed by atoms with van der Waals surface area (Å²) in [7, 11) is -3.19. The maximum atomic E-state index is 10.9. The van der Waals surface area contributed by atoms with Gasteiger partial charge in [-0.2, -0.15) is 0 Å². The van der Waals surface area contributed by atoms with Crippen LogP contribution in [0, 0.1) is 5.92 Å². The highest BCUT2D eigenvalue weighted by Gasteiger charge is 2.34. The van der Waals surface area contributed by atoms with Gasteiger partial charge in [-0.15, -0.1) is 0 Å². The van der Waals surface area contributed by atoms with Gasteiger partial charge in [-0.3, -0.25) is 0 Å². The van der Waals surface area contributed by atoms with Crippen LogP contribution in [0.4, 0.5) is 0 Å². The fraction of sp³-hybridized carbons (Fsp3) is 0.833. The molecule has 70 valence electrons. The van der Waals surface area contributed by atoms with Crippen molar-refractivity contribution < 1.29 is 8.42 Å². The van der Waals surface area contributed by atoms with E-state index in [1.165, 1.54) is 0 Å². The molecule has 0 amide bonds. The lowest BCUT2D eigenvalue weighted by molar-refractivity contribution is 0.571. The summed E-state index contributed by atoms with van der Waals surface area (Å²) in [6, 6.07) is -0.338. The van der Waals surface area contributed by atoms with Crippen molar-refractivity contribution in [2.75, 3.05) is 6.26 Å². The standard InChI is InChI=1S/C6H12N2O2S2/c1-12(9,10)8-5(6(7)11)4-2-3-4/h4-5,8H,2-3H2,1H3,(H2,7,11). The van der Waals surface area contributed by atoms with Crippen LogP contribution >= 0.6 is 12.2 Å². The predicted octanol–water partition coefficient (Wildman–Crippen LogP) is -0.400. The first-order valence-electron chi connectivity index (χ1n) is 3.67. The second-order valence-corrected chi connectivity index (χ2v) is 5.36. The fourth-order valence-electron chi connectivity index (χ4n) is 1.05. The van der Waals surface area contributed by atoms with Crippen molar-refractivity contribution in [2.45, 2.75) is 18.9 Å². The van der Waals surface area contributed by atoms with Crippen molar-refractivity contribution in [1.82, 2.24) is 4.72 Å². The molecule has 0 aromatic carbocycles. The predicted molar refractivity (Wildman–Crippen MR) is 51.3 cm³/mol. The number of hydrogen-bond donors (Lipinski definition) is 2. The number of nitrogens with two attached hydrogens (primary N) is 1. The van der Waals surface area contributed by atoms with Gasteiger partial charge in [-0.05, 0) is 18.8 Å². The Hall–Kier alpha value is -0.200. The Morgan fingerprint density at radius 3 is 2.42 bits per heavy atom. The van der Waals surface area contributed by atoms with Crippen LogP contribution < -0.4 is 10.5 Å². The lowest BCUT2D eigenvalue weighted by Crippen LogP contribution is -2.44. The first kappa shape index (κ1) is 9.88. The summed E-state index contributed by atoms with van der Waals surface area (Å²) in [6.45, 7) is 0. The zero-order valence-electron chi connectivity index (χ0n) is 6.78. The monoisotopic (exact) mass is 208 g/mol. The van der Waals surface area contributed by atoms with Crippen molar-refractivity contribution >= 4 is 27.2 Å². The van der Waals surface area contributed by atoms with E-state index in [1.807, 2.05) is 0 Å². The van der Waals surface area contributed by atoms with Crippen LogP contribution in [0.25, 0.3) is 0 Å². The first-order valence-corrected chi connectivity index (χ1v) is 5.97. The molecule has 3 N–H and O–H groups in total. The van der Waals surface area contributed by atoms with Gasteiger partial charge in [0.1, 0.15) is 0 Å². The molecule has 1 fully saturated rings. The van der Waals surface area contributed by atoms with Crippen LogP contribution in [0.5, 0.6) is 0 Å². The molecule has 12 heavy (non-hydrogen) atoms. The molecule has 1 aliphatic rings. The second kappa shape index (κ2) is 3.27. The second-order valence-electron chi connectivity index (χ2n) is 3.11. The zero-order valence-corrected chi connectivity index (χ0v) is 8.41. The maximum Gasteiger partial charge on any atom is 0.209 e. The molecule has 0 spiro atoms. The van der Waals surface area contributed by atoms with E-state index in [0.29, 0.717) is 5.92 Å². The van der Waals surface area contributed by atoms with Crippen molar-refractivity contribution in [3.63, 3.8) is 0 Å². The Morgan fingerprint density at radius 1 is 1.67 bits per heavy atom. The minimum atomic E-state index is -3.19. The molecule has 1 rings (SSSR count). The number of sulfonamides is 1. The van der Waals surface area contributed by atoms with Gasteiger partial charge < -0.3 is 5.73 Å². The summed E-state index contributed by atoms with van der Waals surface area (Å²) in [5.41, 5.74) is 5.39. The van der Waals surface area contributed by atoms with Gasteiger partial charge in [0.05, 0.1) is 17.3 Å². The molecule has 0 aromatic heterocycles. The van der Waals surface area contributed by atoms with Gasteiger partial charge >= 0.3 is 0 Å². The molecule has 0 radical (unpaired) electrons. The van der Waals surface area contributed by atoms with Crippen LogP contribution in [0.3, 0.4) is 0 Å². The first-order chi connectivity index (χ1) is 5.40. The largest absolute Gasteiger partial charge is 0.392 e. The van der Waals surface area contributed by atoms with E-state index in [-0.39, 0.29) is 11.0 Å². The van der Waals surface area contributed by atoms with E-state index in [9.17, 15) is 8.42 Å². The van der Waals surface area contributed by atoms with Gasteiger partial charge in [0.2, 0.25) is 10.0 Å². The van der Waals surface area contributed by atoms with Gasteiger partial charge in [0.15, 0.2) is 0 Å². The Labute approximate surface area is 77.6 Å². The van der Waals surface area contributed by atoms with Crippen LogP contribution in [0.15, 0.2) is 0 Å². The van der Waals surface area contributed by atoms with Crippen molar-refractivity contribution in [3.8, 4) is 0 Å². The molecule has 0 heterocycles. The lowest BCUT2D eigenvalue weighted by Gasteiger charge is -2.14. The summed E-state index contributed by atoms with van der Waals surface area (Å²) in [4.78, 5) is 0.239. The Morgan fingerprint density at radius 2 is 2.17 bits per heavy atom. The minimum absolute atomic E-state index is 0.239. The highest BCUT2D eigenvalue weighted by atomic mass is 32.2. The van der Waals surface area contributed by atoms with Crippen molar-refractivity contribution in [2.24, 2.45) is 11.7 Å². The van der Waals surface area contributed by atoms with Crippen molar-refractivity contribution in [3.05, 3.63) is 0 Å². The van der Waals surface area contributed by atoms with E-state index in [0.717, 1.165) is 19.1 Å². The number of nitrogens with one attached hydrogen (secondary N) is 1. The highest BCUT2D eigenvalue weighted by molar-refractivity contribution is 7.88. The number of rotatable bonds is 4. The van der Waals surface area contributed by atoms with E-state index in [4.69, 9.17) is 18.0 Å². The lowest BCUT2D eigenvalue weighted by atomic mass is 10.2. The molecule has 0 aliphatic heterocycles. The van der Waals surface area contributed by atoms with E-state index >= 15 is 0 Å². The van der Waals surface area contributed by atoms with Gasteiger partial charge in [-0.25, -0.2) is 13.1 Å². The maximum absolute atomic E-state index is 10.9. The fourth-order valence-corrected chi connectivity index (χ4v) is 2.15. The van der Waals surface area contributed by atoms with Gasteiger partial charge in [-0.1, -0.05) is 12.2 Å². The molecule has 0 aromatic rings. The Kier molecular flexibility index (Phi) is 2.70. The molecule has 4 nitrogen and oxygen atoms in total. The molecular weight excluding hydrogens is 196 g/mol. The van der Waals surface area contributed by atoms with Crippen molar-refractivity contribution in [1.29, 1.82) is 0 Å². The smallest absolute Gasteiger partial charge is 0.209 e. The third kappa shape index (κ3) is 3.04. The normalized spacial score (nSPS) is 20.4. The van der Waals surface area contributed by atoms with E-state index in [1.54, 1.807) is 0 Å². The molecule has 1 aliphatic carbocycles. The van der Waals surface area contributed by atoms with Crippen LogP contribution in [0.2, 0.25) is 0 Å². The van der Waals surface area contributed by atoms with Crippen LogP contribution in [-0.4, -0.2) is 25.7 Å². The summed E-state index contributed by atoms with van der Waals surface area (Å²) in [5.74, 6) is 0.317. The number of thiocarbonyl (C=S) groups is 1. The molecule has 1 unspecified atom stereocenters. The molecule has 1 saturated carbocycles. The highest BCUT2D eigenvalue weighted by Crippen LogP contribution is 2.32. The molecular formula is C6H12N2O2S2. The van der Waals surface area contributed by atoms with Crippen LogP contribution in [0.1, 0.15) is 12.8 Å². The summed E-state index contributed by atoms with van der Waals surface area (Å²) in [6.07, 6.45) is 3.12. The molecule has 0 bridgehead atoms. The molecule has 0 saturated heterocycles.